The lowest BCUT2D eigenvalue weighted by Crippen LogP contribution is -2.33. The number of aromatic nitrogens is 3. The Hall–Kier alpha value is -4.66. The van der Waals surface area contributed by atoms with E-state index in [9.17, 15) is 14.7 Å². The van der Waals surface area contributed by atoms with E-state index in [1.54, 1.807) is 61.8 Å². The zero-order chi connectivity index (χ0) is 23.7. The minimum Gasteiger partial charge on any atom is -0.508 e. The van der Waals surface area contributed by atoms with E-state index in [0.29, 0.717) is 29.1 Å². The lowest BCUT2D eigenvalue weighted by Gasteiger charge is -2.22. The molecule has 1 atom stereocenters. The predicted molar refractivity (Wildman–Crippen MR) is 135 cm³/mol. The Morgan fingerprint density at radius 2 is 1.83 bits per heavy atom. The highest BCUT2D eigenvalue weighted by atomic mass is 16.3. The van der Waals surface area contributed by atoms with E-state index >= 15 is 0 Å². The van der Waals surface area contributed by atoms with Gasteiger partial charge in [0.2, 0.25) is 0 Å². The first-order valence-corrected chi connectivity index (χ1v) is 10.8. The molecular weight excluding hydrogens is 444 g/mol. The minimum absolute atomic E-state index is 0. The molecule has 9 nitrogen and oxygen atoms in total. The lowest BCUT2D eigenvalue weighted by atomic mass is 9.98. The molecule has 178 valence electrons. The number of rotatable bonds is 4. The molecule has 0 saturated carbocycles. The number of hydrogen-bond acceptors (Lipinski definition) is 5. The van der Waals surface area contributed by atoms with Gasteiger partial charge in [0.25, 0.3) is 5.56 Å². The molecule has 0 fully saturated rings. The van der Waals surface area contributed by atoms with E-state index in [1.807, 2.05) is 24.3 Å². The summed E-state index contributed by atoms with van der Waals surface area (Å²) in [7, 11) is 0. The molecule has 3 N–H and O–H groups in total. The van der Waals surface area contributed by atoms with Crippen LogP contribution in [0, 0.1) is 6.92 Å². The summed E-state index contributed by atoms with van der Waals surface area (Å²) in [4.78, 5) is 30.6. The summed E-state index contributed by atoms with van der Waals surface area (Å²) in [6, 6.07) is 18.5. The molecule has 1 aliphatic heterocycles. The number of benzene rings is 2. The van der Waals surface area contributed by atoms with Crippen molar-refractivity contribution in [1.29, 1.82) is 0 Å². The highest BCUT2D eigenvalue weighted by Crippen LogP contribution is 2.37. The first-order chi connectivity index (χ1) is 16.5. The predicted octanol–water partition coefficient (Wildman–Crippen LogP) is 4.59. The van der Waals surface area contributed by atoms with Gasteiger partial charge in [0, 0.05) is 29.9 Å². The standard InChI is InChI=1S/C25H22N6O3.CH4/c1-16-23(24(33)30(28-16)18-9-3-2-4-10-18)27-25(34)31-21(19-11-5-6-12-22(19)32)14-20(29-31)17-8-7-13-26-15-17;/h2-13,15,21,28,32H,14H2,1H3,(H,27,34);1H4. The van der Waals surface area contributed by atoms with Crippen molar-refractivity contribution in [3.63, 3.8) is 0 Å². The molecule has 4 aromatic rings. The van der Waals surface area contributed by atoms with Gasteiger partial charge in [0.1, 0.15) is 11.4 Å². The van der Waals surface area contributed by atoms with Gasteiger partial charge in [-0.15, -0.1) is 0 Å². The molecule has 0 bridgehead atoms. The van der Waals surface area contributed by atoms with Crippen LogP contribution in [0.4, 0.5) is 10.5 Å². The summed E-state index contributed by atoms with van der Waals surface area (Å²) in [5, 5.41) is 22.0. The Kier molecular flexibility index (Phi) is 6.50. The van der Waals surface area contributed by atoms with Crippen LogP contribution < -0.4 is 10.9 Å². The number of H-pyrrole nitrogens is 1. The molecular formula is C26H26N6O3. The van der Waals surface area contributed by atoms with Gasteiger partial charge in [0.05, 0.1) is 23.1 Å². The van der Waals surface area contributed by atoms with Crippen molar-refractivity contribution in [3.8, 4) is 11.4 Å². The van der Waals surface area contributed by atoms with Crippen LogP contribution >= 0.6 is 0 Å². The minimum atomic E-state index is -0.577. The third-order valence-corrected chi connectivity index (χ3v) is 5.73. The molecule has 3 heterocycles. The molecule has 9 heteroatoms. The average molecular weight is 471 g/mol. The Morgan fingerprint density at radius 1 is 1.09 bits per heavy atom. The van der Waals surface area contributed by atoms with E-state index in [1.165, 1.54) is 9.69 Å². The molecule has 2 aromatic heterocycles. The normalized spacial score (nSPS) is 14.8. The summed E-state index contributed by atoms with van der Waals surface area (Å²) in [5.41, 5.74) is 2.92. The van der Waals surface area contributed by atoms with Crippen LogP contribution in [0.1, 0.15) is 36.7 Å². The number of amides is 2. The number of urea groups is 1. The highest BCUT2D eigenvalue weighted by Gasteiger charge is 2.35. The Morgan fingerprint density at radius 3 is 2.54 bits per heavy atom. The summed E-state index contributed by atoms with van der Waals surface area (Å²) >= 11 is 0. The van der Waals surface area contributed by atoms with Crippen molar-refractivity contribution in [2.75, 3.05) is 5.32 Å². The van der Waals surface area contributed by atoms with Crippen LogP contribution in [0.3, 0.4) is 0 Å². The summed E-state index contributed by atoms with van der Waals surface area (Å²) in [6.07, 6.45) is 3.73. The van der Waals surface area contributed by atoms with Crippen LogP contribution in [0.2, 0.25) is 0 Å². The molecule has 5 rings (SSSR count). The number of nitrogens with zero attached hydrogens (tertiary/aromatic N) is 4. The van der Waals surface area contributed by atoms with Crippen molar-refractivity contribution in [1.82, 2.24) is 19.8 Å². The van der Waals surface area contributed by atoms with Gasteiger partial charge in [-0.05, 0) is 31.2 Å². The van der Waals surface area contributed by atoms with Gasteiger partial charge in [-0.25, -0.2) is 14.5 Å². The summed E-state index contributed by atoms with van der Waals surface area (Å²) in [6.45, 7) is 1.71. The first kappa shape index (κ1) is 23.5. The van der Waals surface area contributed by atoms with E-state index in [0.717, 1.165) is 5.56 Å². The zero-order valence-corrected chi connectivity index (χ0v) is 18.3. The third-order valence-electron chi connectivity index (χ3n) is 5.73. The fourth-order valence-corrected chi connectivity index (χ4v) is 4.03. The van der Waals surface area contributed by atoms with Crippen LogP contribution in [-0.2, 0) is 0 Å². The highest BCUT2D eigenvalue weighted by molar-refractivity contribution is 6.04. The number of aromatic amines is 1. The number of carbonyl (C=O) groups excluding carboxylic acids is 1. The number of hydrogen-bond donors (Lipinski definition) is 3. The smallest absolute Gasteiger partial charge is 0.343 e. The third kappa shape index (κ3) is 4.43. The van der Waals surface area contributed by atoms with E-state index < -0.39 is 12.1 Å². The SMILES string of the molecule is C.Cc1[nH]n(-c2ccccc2)c(=O)c1NC(=O)N1N=C(c2cccnc2)CC1c1ccccc1O. The maximum absolute atomic E-state index is 13.4. The Labute approximate surface area is 202 Å². The second-order valence-electron chi connectivity index (χ2n) is 7.93. The van der Waals surface area contributed by atoms with Crippen LogP contribution in [0.5, 0.6) is 5.75 Å². The number of aryl methyl sites for hydroxylation is 1. The molecule has 0 spiro atoms. The van der Waals surface area contributed by atoms with Gasteiger partial charge < -0.3 is 5.11 Å². The Bertz CT molecular complexity index is 1430. The van der Waals surface area contributed by atoms with Crippen molar-refractivity contribution in [2.45, 2.75) is 26.8 Å². The number of phenolic OH excluding ortho intramolecular Hbond substituents is 1. The fraction of sp³-hybridized carbons (Fsp3) is 0.154. The zero-order valence-electron chi connectivity index (χ0n) is 18.3. The van der Waals surface area contributed by atoms with Gasteiger partial charge in [-0.2, -0.15) is 5.10 Å². The number of hydrazone groups is 1. The maximum Gasteiger partial charge on any atom is 0.343 e. The van der Waals surface area contributed by atoms with Gasteiger partial charge in [0.15, 0.2) is 0 Å². The number of nitrogens with one attached hydrogen (secondary N) is 2. The second kappa shape index (κ2) is 9.68. The number of anilines is 1. The molecule has 1 aliphatic rings. The lowest BCUT2D eigenvalue weighted by molar-refractivity contribution is 0.199. The molecule has 2 amide bonds. The number of carbonyl (C=O) groups is 1. The second-order valence-corrected chi connectivity index (χ2v) is 7.93. The average Bonchev–Trinajstić information content (AvgIpc) is 3.43. The molecule has 1 unspecified atom stereocenters. The van der Waals surface area contributed by atoms with Crippen molar-refractivity contribution >= 4 is 17.4 Å². The van der Waals surface area contributed by atoms with Gasteiger partial charge in [-0.3, -0.25) is 20.2 Å². The molecule has 0 saturated heterocycles. The van der Waals surface area contributed by atoms with E-state index in [-0.39, 0.29) is 24.4 Å². The van der Waals surface area contributed by atoms with Gasteiger partial charge >= 0.3 is 6.03 Å². The van der Waals surface area contributed by atoms with Crippen LogP contribution in [0.25, 0.3) is 5.69 Å². The topological polar surface area (TPSA) is 116 Å². The van der Waals surface area contributed by atoms with Crippen LogP contribution in [0.15, 0.2) is 89.0 Å². The first-order valence-electron chi connectivity index (χ1n) is 10.8. The maximum atomic E-state index is 13.4. The monoisotopic (exact) mass is 470 g/mol. The number of phenols is 1. The van der Waals surface area contributed by atoms with E-state index in [2.05, 4.69) is 20.5 Å². The molecule has 0 aliphatic carbocycles. The number of pyridine rings is 1. The number of aromatic hydroxyl groups is 1. The quantitative estimate of drug-likeness (QED) is 0.404. The summed E-state index contributed by atoms with van der Waals surface area (Å²) in [5.74, 6) is 0.0668. The summed E-state index contributed by atoms with van der Waals surface area (Å²) < 4.78 is 1.37. The molecule has 35 heavy (non-hydrogen) atoms. The largest absolute Gasteiger partial charge is 0.508 e. The number of para-hydroxylation sites is 2. The van der Waals surface area contributed by atoms with Crippen molar-refractivity contribution in [2.24, 2.45) is 5.10 Å². The van der Waals surface area contributed by atoms with E-state index in [4.69, 9.17) is 0 Å². The van der Waals surface area contributed by atoms with Crippen molar-refractivity contribution in [3.05, 3.63) is 106 Å². The molecule has 2 aromatic carbocycles. The Balaban J connectivity index is 0.00000289. The fourth-order valence-electron chi connectivity index (χ4n) is 4.03. The molecule has 0 radical (unpaired) electrons. The van der Waals surface area contributed by atoms with Crippen molar-refractivity contribution < 1.29 is 9.90 Å². The van der Waals surface area contributed by atoms with Crippen LogP contribution in [-0.4, -0.2) is 36.6 Å². The van der Waals surface area contributed by atoms with Gasteiger partial charge in [-0.1, -0.05) is 49.9 Å².